The molecule has 2 amide bonds. The molecule has 2 heterocycles. The molecule has 3 atom stereocenters. The average Bonchev–Trinajstić information content (AvgIpc) is 3.20. The number of aliphatic hydroxyl groups excluding tert-OH is 2. The summed E-state index contributed by atoms with van der Waals surface area (Å²) in [5, 5.41) is 33.0. The molecule has 1 saturated heterocycles. The van der Waals surface area contributed by atoms with Crippen LogP contribution in [-0.2, 0) is 11.3 Å². The minimum atomic E-state index is -0.727. The van der Waals surface area contributed by atoms with Crippen LogP contribution in [0.2, 0.25) is 0 Å². The predicted octanol–water partition coefficient (Wildman–Crippen LogP) is 1.04. The lowest BCUT2D eigenvalue weighted by atomic mass is 10.1. The summed E-state index contributed by atoms with van der Waals surface area (Å²) >= 11 is 1.18. The zero-order valence-corrected chi connectivity index (χ0v) is 13.6. The molecule has 2 aromatic rings. The van der Waals surface area contributed by atoms with Crippen LogP contribution in [0.1, 0.15) is 23.1 Å². The van der Waals surface area contributed by atoms with E-state index in [1.807, 2.05) is 30.3 Å². The molecule has 1 aliphatic heterocycles. The van der Waals surface area contributed by atoms with Gasteiger partial charge in [-0.15, -0.1) is 10.2 Å². The molecule has 8 nitrogen and oxygen atoms in total. The van der Waals surface area contributed by atoms with Gasteiger partial charge in [-0.1, -0.05) is 41.7 Å². The van der Waals surface area contributed by atoms with E-state index in [0.29, 0.717) is 23.1 Å². The molecule has 0 unspecified atom stereocenters. The average molecular weight is 350 g/mol. The molecular formula is C15H18N4O4S. The Morgan fingerprint density at radius 2 is 2.12 bits per heavy atom. The van der Waals surface area contributed by atoms with Crippen LogP contribution < -0.4 is 10.6 Å². The number of nitrogens with one attached hydrogen (secondary N) is 2. The Morgan fingerprint density at radius 1 is 1.33 bits per heavy atom. The van der Waals surface area contributed by atoms with Gasteiger partial charge in [0, 0.05) is 13.0 Å². The molecule has 9 heteroatoms. The molecule has 1 fully saturated rings. The third-order valence-electron chi connectivity index (χ3n) is 3.64. The van der Waals surface area contributed by atoms with E-state index >= 15 is 0 Å². The van der Waals surface area contributed by atoms with Crippen LogP contribution >= 0.6 is 11.3 Å². The lowest BCUT2D eigenvalue weighted by molar-refractivity contribution is -0.0227. The molecule has 24 heavy (non-hydrogen) atoms. The van der Waals surface area contributed by atoms with Crippen LogP contribution in [0.4, 0.5) is 9.93 Å². The van der Waals surface area contributed by atoms with Gasteiger partial charge in [-0.3, -0.25) is 5.32 Å². The summed E-state index contributed by atoms with van der Waals surface area (Å²) in [5.74, 6) is 0. The number of benzene rings is 1. The van der Waals surface area contributed by atoms with E-state index in [1.54, 1.807) is 0 Å². The second-order valence-corrected chi connectivity index (χ2v) is 6.40. The predicted molar refractivity (Wildman–Crippen MR) is 87.5 cm³/mol. The van der Waals surface area contributed by atoms with Crippen molar-refractivity contribution in [3.63, 3.8) is 0 Å². The van der Waals surface area contributed by atoms with Crippen molar-refractivity contribution in [2.24, 2.45) is 0 Å². The highest BCUT2D eigenvalue weighted by atomic mass is 32.1. The van der Waals surface area contributed by atoms with E-state index in [-0.39, 0.29) is 12.6 Å². The molecule has 0 bridgehead atoms. The van der Waals surface area contributed by atoms with Gasteiger partial charge in [0.1, 0.15) is 17.2 Å². The summed E-state index contributed by atoms with van der Waals surface area (Å²) in [5.41, 5.74) is 0.994. The van der Waals surface area contributed by atoms with Crippen LogP contribution in [-0.4, -0.2) is 45.3 Å². The monoisotopic (exact) mass is 350 g/mol. The SMILES string of the molecule is O=C(NCc1ccccc1)Nc1nnc([C@@H]2C[C@H](O)[C@@H](CO)O2)s1. The van der Waals surface area contributed by atoms with Crippen molar-refractivity contribution in [1.82, 2.24) is 15.5 Å². The van der Waals surface area contributed by atoms with Gasteiger partial charge < -0.3 is 20.3 Å². The van der Waals surface area contributed by atoms with E-state index in [9.17, 15) is 9.90 Å². The fourth-order valence-electron chi connectivity index (χ4n) is 2.39. The zero-order valence-electron chi connectivity index (χ0n) is 12.8. The first-order valence-electron chi connectivity index (χ1n) is 7.52. The molecule has 0 saturated carbocycles. The van der Waals surface area contributed by atoms with Gasteiger partial charge in [0.25, 0.3) is 0 Å². The first-order valence-corrected chi connectivity index (χ1v) is 8.34. The molecule has 1 aromatic carbocycles. The lowest BCUT2D eigenvalue weighted by Gasteiger charge is -2.09. The molecular weight excluding hydrogens is 332 g/mol. The normalized spacial score (nSPS) is 23.2. The van der Waals surface area contributed by atoms with Gasteiger partial charge in [-0.25, -0.2) is 4.79 Å². The largest absolute Gasteiger partial charge is 0.394 e. The quantitative estimate of drug-likeness (QED) is 0.640. The second kappa shape index (κ2) is 7.67. The van der Waals surface area contributed by atoms with E-state index in [4.69, 9.17) is 9.84 Å². The first kappa shape index (κ1) is 16.8. The zero-order chi connectivity index (χ0) is 16.9. The van der Waals surface area contributed by atoms with E-state index in [0.717, 1.165) is 5.56 Å². The minimum absolute atomic E-state index is 0.247. The number of urea groups is 1. The maximum atomic E-state index is 11.9. The Kier molecular flexibility index (Phi) is 5.36. The summed E-state index contributed by atoms with van der Waals surface area (Å²) in [6.45, 7) is 0.165. The number of nitrogens with zero attached hydrogens (tertiary/aromatic N) is 2. The number of ether oxygens (including phenoxy) is 1. The number of aliphatic hydroxyl groups is 2. The maximum absolute atomic E-state index is 11.9. The molecule has 0 spiro atoms. The number of carbonyl (C=O) groups excluding carboxylic acids is 1. The maximum Gasteiger partial charge on any atom is 0.321 e. The number of hydrogen-bond donors (Lipinski definition) is 4. The van der Waals surface area contributed by atoms with Crippen molar-refractivity contribution in [3.05, 3.63) is 40.9 Å². The summed E-state index contributed by atoms with van der Waals surface area (Å²) in [7, 11) is 0. The highest BCUT2D eigenvalue weighted by Gasteiger charge is 2.36. The number of rotatable bonds is 5. The van der Waals surface area contributed by atoms with Gasteiger partial charge in [0.2, 0.25) is 5.13 Å². The van der Waals surface area contributed by atoms with Crippen LogP contribution in [0.25, 0.3) is 0 Å². The topological polar surface area (TPSA) is 117 Å². The second-order valence-electron chi connectivity index (χ2n) is 5.39. The van der Waals surface area contributed by atoms with Crippen LogP contribution in [0, 0.1) is 0 Å². The van der Waals surface area contributed by atoms with E-state index in [1.165, 1.54) is 11.3 Å². The molecule has 128 valence electrons. The Hall–Kier alpha value is -2.07. The van der Waals surface area contributed by atoms with Crippen LogP contribution in [0.5, 0.6) is 0 Å². The smallest absolute Gasteiger partial charge is 0.321 e. The Morgan fingerprint density at radius 3 is 2.83 bits per heavy atom. The third-order valence-corrected chi connectivity index (χ3v) is 4.57. The number of carbonyl (C=O) groups is 1. The molecule has 4 N–H and O–H groups in total. The molecule has 0 aliphatic carbocycles. The van der Waals surface area contributed by atoms with Crippen molar-refractivity contribution in [1.29, 1.82) is 0 Å². The number of amides is 2. The fraction of sp³-hybridized carbons (Fsp3) is 0.400. The van der Waals surface area contributed by atoms with Crippen LogP contribution in [0.3, 0.4) is 0 Å². The highest BCUT2D eigenvalue weighted by molar-refractivity contribution is 7.15. The Bertz CT molecular complexity index is 681. The Balaban J connectivity index is 1.51. The molecule has 0 radical (unpaired) electrons. The summed E-state index contributed by atoms with van der Waals surface area (Å²) in [6, 6.07) is 9.19. The number of anilines is 1. The summed E-state index contributed by atoms with van der Waals surface area (Å²) < 4.78 is 5.51. The highest BCUT2D eigenvalue weighted by Crippen LogP contribution is 2.35. The van der Waals surface area contributed by atoms with Crippen molar-refractivity contribution >= 4 is 22.5 Å². The van der Waals surface area contributed by atoms with Gasteiger partial charge in [-0.05, 0) is 5.56 Å². The van der Waals surface area contributed by atoms with Crippen molar-refractivity contribution in [2.45, 2.75) is 31.3 Å². The molecule has 1 aromatic heterocycles. The third kappa shape index (κ3) is 4.06. The van der Waals surface area contributed by atoms with Crippen molar-refractivity contribution in [3.8, 4) is 0 Å². The van der Waals surface area contributed by atoms with Gasteiger partial charge in [-0.2, -0.15) is 0 Å². The van der Waals surface area contributed by atoms with Crippen LogP contribution in [0.15, 0.2) is 30.3 Å². The standard InChI is InChI=1S/C15H18N4O4S/c20-8-12-10(21)6-11(23-12)13-18-19-15(24-13)17-14(22)16-7-9-4-2-1-3-5-9/h1-5,10-12,20-21H,6-8H2,(H2,16,17,19,22)/t10-,11-,12+/m0/s1. The summed E-state index contributed by atoms with van der Waals surface area (Å²) in [6.07, 6.45) is -1.41. The Labute approximate surface area is 142 Å². The van der Waals surface area contributed by atoms with Crippen molar-refractivity contribution < 1.29 is 19.7 Å². The van der Waals surface area contributed by atoms with E-state index < -0.39 is 18.3 Å². The minimum Gasteiger partial charge on any atom is -0.394 e. The van der Waals surface area contributed by atoms with Gasteiger partial charge in [0.05, 0.1) is 12.7 Å². The van der Waals surface area contributed by atoms with Crippen molar-refractivity contribution in [2.75, 3.05) is 11.9 Å². The van der Waals surface area contributed by atoms with E-state index in [2.05, 4.69) is 20.8 Å². The molecule has 3 rings (SSSR count). The number of hydrogen-bond acceptors (Lipinski definition) is 7. The van der Waals surface area contributed by atoms with Gasteiger partial charge >= 0.3 is 6.03 Å². The lowest BCUT2D eigenvalue weighted by Crippen LogP contribution is -2.28. The fourth-order valence-corrected chi connectivity index (χ4v) is 3.18. The summed E-state index contributed by atoms with van der Waals surface area (Å²) in [4.78, 5) is 11.9. The first-order chi connectivity index (χ1) is 11.7. The molecule has 1 aliphatic rings. The number of aromatic nitrogens is 2. The van der Waals surface area contributed by atoms with Gasteiger partial charge in [0.15, 0.2) is 0 Å².